The number of allylic oxidation sites excluding steroid dienone is 1. The zero-order valence-corrected chi connectivity index (χ0v) is 11.1. The van der Waals surface area contributed by atoms with E-state index >= 15 is 0 Å². The molecule has 0 unspecified atom stereocenters. The number of aromatic nitrogens is 1. The summed E-state index contributed by atoms with van der Waals surface area (Å²) < 4.78 is 5.38. The summed E-state index contributed by atoms with van der Waals surface area (Å²) in [5.41, 5.74) is 3.57. The van der Waals surface area contributed by atoms with Crippen molar-refractivity contribution in [1.29, 1.82) is 0 Å². The third-order valence-electron chi connectivity index (χ3n) is 4.18. The zero-order valence-electron chi connectivity index (χ0n) is 11.1. The molecule has 1 aliphatic carbocycles. The van der Waals surface area contributed by atoms with Gasteiger partial charge in [-0.3, -0.25) is 4.98 Å². The molecule has 1 aliphatic heterocycles. The standard InChI is InChI=1S/C15H20N2O/c1-10-14(18-2)8-12(9-17-10)13-5-3-4-11-6-7-16-15(11)13/h5,8-9,11,15-16H,3-4,6-7H2,1-2H3/t11-,15+/m1/s1. The molecule has 0 spiro atoms. The lowest BCUT2D eigenvalue weighted by atomic mass is 9.82. The molecule has 1 fully saturated rings. The van der Waals surface area contributed by atoms with Gasteiger partial charge in [-0.2, -0.15) is 0 Å². The summed E-state index contributed by atoms with van der Waals surface area (Å²) in [6.45, 7) is 3.12. The van der Waals surface area contributed by atoms with Crippen molar-refractivity contribution in [2.75, 3.05) is 13.7 Å². The first-order chi connectivity index (χ1) is 8.79. The molecule has 0 bridgehead atoms. The van der Waals surface area contributed by atoms with Gasteiger partial charge in [-0.15, -0.1) is 0 Å². The van der Waals surface area contributed by atoms with E-state index in [1.54, 1.807) is 7.11 Å². The van der Waals surface area contributed by atoms with Crippen molar-refractivity contribution in [2.45, 2.75) is 32.2 Å². The summed E-state index contributed by atoms with van der Waals surface area (Å²) >= 11 is 0. The second-order valence-electron chi connectivity index (χ2n) is 5.23. The van der Waals surface area contributed by atoms with Crippen LogP contribution < -0.4 is 10.1 Å². The predicted octanol–water partition coefficient (Wildman–Crippen LogP) is 2.55. The zero-order chi connectivity index (χ0) is 12.5. The maximum atomic E-state index is 5.38. The summed E-state index contributed by atoms with van der Waals surface area (Å²) in [6.07, 6.45) is 8.15. The Labute approximate surface area is 108 Å². The summed E-state index contributed by atoms with van der Waals surface area (Å²) in [5.74, 6) is 1.69. The van der Waals surface area contributed by atoms with Crippen LogP contribution >= 0.6 is 0 Å². The van der Waals surface area contributed by atoms with Crippen LogP contribution in [0, 0.1) is 12.8 Å². The average Bonchev–Trinajstić information content (AvgIpc) is 2.87. The van der Waals surface area contributed by atoms with Crippen molar-refractivity contribution in [1.82, 2.24) is 10.3 Å². The minimum atomic E-state index is 0.521. The molecule has 1 aromatic heterocycles. The van der Waals surface area contributed by atoms with Crippen LogP contribution in [0.25, 0.3) is 5.57 Å². The van der Waals surface area contributed by atoms with Crippen molar-refractivity contribution in [3.8, 4) is 5.75 Å². The third-order valence-corrected chi connectivity index (χ3v) is 4.18. The lowest BCUT2D eigenvalue weighted by Gasteiger charge is -2.27. The first-order valence-corrected chi connectivity index (χ1v) is 6.74. The largest absolute Gasteiger partial charge is 0.495 e. The van der Waals surface area contributed by atoms with Crippen molar-refractivity contribution in [3.63, 3.8) is 0 Å². The Morgan fingerprint density at radius 2 is 2.28 bits per heavy atom. The van der Waals surface area contributed by atoms with Crippen LogP contribution in [0.4, 0.5) is 0 Å². The number of hydrogen-bond acceptors (Lipinski definition) is 3. The van der Waals surface area contributed by atoms with E-state index in [0.717, 1.165) is 23.9 Å². The van der Waals surface area contributed by atoms with Gasteiger partial charge < -0.3 is 10.1 Å². The van der Waals surface area contributed by atoms with Gasteiger partial charge in [-0.1, -0.05) is 6.08 Å². The molecule has 0 aromatic carbocycles. The van der Waals surface area contributed by atoms with Gasteiger partial charge in [-0.05, 0) is 50.3 Å². The Hall–Kier alpha value is -1.35. The molecule has 1 N–H and O–H groups in total. The number of hydrogen-bond donors (Lipinski definition) is 1. The van der Waals surface area contributed by atoms with Crippen LogP contribution in [0.15, 0.2) is 18.3 Å². The maximum absolute atomic E-state index is 5.38. The average molecular weight is 244 g/mol. The van der Waals surface area contributed by atoms with Gasteiger partial charge in [0.05, 0.1) is 12.8 Å². The Bertz CT molecular complexity index is 481. The molecule has 3 rings (SSSR count). The second kappa shape index (κ2) is 4.73. The van der Waals surface area contributed by atoms with E-state index in [4.69, 9.17) is 4.74 Å². The van der Waals surface area contributed by atoms with E-state index in [9.17, 15) is 0 Å². The number of aryl methyl sites for hydroxylation is 1. The summed E-state index contributed by atoms with van der Waals surface area (Å²) in [6, 6.07) is 2.64. The number of rotatable bonds is 2. The third kappa shape index (κ3) is 1.93. The van der Waals surface area contributed by atoms with Crippen LogP contribution in [-0.2, 0) is 0 Å². The van der Waals surface area contributed by atoms with E-state index in [0.29, 0.717) is 6.04 Å². The molecule has 1 aromatic rings. The number of ether oxygens (including phenoxy) is 1. The van der Waals surface area contributed by atoms with Crippen molar-refractivity contribution < 1.29 is 4.74 Å². The highest BCUT2D eigenvalue weighted by Gasteiger charge is 2.32. The minimum Gasteiger partial charge on any atom is -0.495 e. The normalized spacial score (nSPS) is 26.7. The van der Waals surface area contributed by atoms with Crippen LogP contribution in [-0.4, -0.2) is 24.7 Å². The summed E-state index contributed by atoms with van der Waals surface area (Å²) in [7, 11) is 1.71. The molecule has 0 saturated carbocycles. The molecule has 2 heterocycles. The smallest absolute Gasteiger partial charge is 0.140 e. The van der Waals surface area contributed by atoms with Gasteiger partial charge >= 0.3 is 0 Å². The lowest BCUT2D eigenvalue weighted by molar-refractivity contribution is 0.408. The molecular weight excluding hydrogens is 224 g/mol. The monoisotopic (exact) mass is 244 g/mol. The number of nitrogens with zero attached hydrogens (tertiary/aromatic N) is 1. The number of fused-ring (bicyclic) bond motifs is 1. The second-order valence-corrected chi connectivity index (χ2v) is 5.23. The topological polar surface area (TPSA) is 34.1 Å². The van der Waals surface area contributed by atoms with Gasteiger partial charge in [0.25, 0.3) is 0 Å². The van der Waals surface area contributed by atoms with Gasteiger partial charge in [0, 0.05) is 17.8 Å². The number of pyridine rings is 1. The highest BCUT2D eigenvalue weighted by Crippen LogP contribution is 2.36. The molecule has 96 valence electrons. The maximum Gasteiger partial charge on any atom is 0.140 e. The molecular formula is C15H20N2O. The quantitative estimate of drug-likeness (QED) is 0.868. The molecule has 0 radical (unpaired) electrons. The van der Waals surface area contributed by atoms with Crippen LogP contribution in [0.3, 0.4) is 0 Å². The fourth-order valence-electron chi connectivity index (χ4n) is 3.19. The molecule has 3 nitrogen and oxygen atoms in total. The van der Waals surface area contributed by atoms with Crippen LogP contribution in [0.5, 0.6) is 5.75 Å². The van der Waals surface area contributed by atoms with Crippen molar-refractivity contribution in [3.05, 3.63) is 29.6 Å². The fourth-order valence-corrected chi connectivity index (χ4v) is 3.19. The Kier molecular flexibility index (Phi) is 3.08. The van der Waals surface area contributed by atoms with Crippen molar-refractivity contribution in [2.24, 2.45) is 5.92 Å². The fraction of sp³-hybridized carbons (Fsp3) is 0.533. The number of methoxy groups -OCH3 is 1. The SMILES string of the molecule is COc1cc(C2=CCC[C@@H]3CCN[C@H]23)cnc1C. The minimum absolute atomic E-state index is 0.521. The Morgan fingerprint density at radius 1 is 1.39 bits per heavy atom. The predicted molar refractivity (Wildman–Crippen MR) is 72.6 cm³/mol. The van der Waals surface area contributed by atoms with Crippen LogP contribution in [0.1, 0.15) is 30.5 Å². The summed E-state index contributed by atoms with van der Waals surface area (Å²) in [5, 5.41) is 3.62. The van der Waals surface area contributed by atoms with E-state index in [1.807, 2.05) is 13.1 Å². The van der Waals surface area contributed by atoms with E-state index < -0.39 is 0 Å². The number of nitrogens with one attached hydrogen (secondary N) is 1. The molecule has 1 saturated heterocycles. The van der Waals surface area contributed by atoms with Crippen molar-refractivity contribution >= 4 is 5.57 Å². The Morgan fingerprint density at radius 3 is 3.11 bits per heavy atom. The lowest BCUT2D eigenvalue weighted by Crippen LogP contribution is -2.30. The highest BCUT2D eigenvalue weighted by atomic mass is 16.5. The molecule has 2 aliphatic rings. The van der Waals surface area contributed by atoms with E-state index in [-0.39, 0.29) is 0 Å². The van der Waals surface area contributed by atoms with Gasteiger partial charge in [0.2, 0.25) is 0 Å². The molecule has 0 amide bonds. The van der Waals surface area contributed by atoms with Gasteiger partial charge in [0.1, 0.15) is 5.75 Å². The molecule has 18 heavy (non-hydrogen) atoms. The summed E-state index contributed by atoms with van der Waals surface area (Å²) in [4.78, 5) is 4.45. The Balaban J connectivity index is 1.96. The first-order valence-electron chi connectivity index (χ1n) is 6.74. The van der Waals surface area contributed by atoms with E-state index in [2.05, 4.69) is 22.4 Å². The molecule has 2 atom stereocenters. The van der Waals surface area contributed by atoms with Gasteiger partial charge in [0.15, 0.2) is 0 Å². The molecule has 3 heteroatoms. The van der Waals surface area contributed by atoms with Gasteiger partial charge in [-0.25, -0.2) is 0 Å². The van der Waals surface area contributed by atoms with Crippen LogP contribution in [0.2, 0.25) is 0 Å². The highest BCUT2D eigenvalue weighted by molar-refractivity contribution is 5.71. The first kappa shape index (κ1) is 11.7. The van der Waals surface area contributed by atoms with E-state index in [1.165, 1.54) is 30.4 Å².